The molecule has 0 radical (unpaired) electrons. The highest BCUT2D eigenvalue weighted by Gasteiger charge is 2.27. The summed E-state index contributed by atoms with van der Waals surface area (Å²) in [5, 5.41) is 20.3. The Morgan fingerprint density at radius 1 is 1.17 bits per heavy atom. The Balaban J connectivity index is 1.89. The molecule has 1 fully saturated rings. The first-order chi connectivity index (χ1) is 14.6. The van der Waals surface area contributed by atoms with E-state index in [4.69, 9.17) is 14.4 Å². The van der Waals surface area contributed by atoms with Crippen LogP contribution in [-0.4, -0.2) is 35.7 Å². The maximum absolute atomic E-state index is 13.0. The first-order valence-electron chi connectivity index (χ1n) is 10.3. The molecule has 0 spiro atoms. The number of phenolic OH excluding ortho intramolecular Hbond substituents is 1. The highest BCUT2D eigenvalue weighted by Crippen LogP contribution is 2.39. The van der Waals surface area contributed by atoms with Crippen LogP contribution < -0.4 is 0 Å². The van der Waals surface area contributed by atoms with E-state index in [9.17, 15) is 9.90 Å². The molecule has 0 amide bonds. The highest BCUT2D eigenvalue weighted by molar-refractivity contribution is 6.10. The van der Waals surface area contributed by atoms with Gasteiger partial charge in [0.05, 0.1) is 18.2 Å². The molecule has 3 aromatic rings. The summed E-state index contributed by atoms with van der Waals surface area (Å²) in [5.41, 5.74) is 2.73. The Bertz CT molecular complexity index is 1100. The molecule has 1 saturated heterocycles. The van der Waals surface area contributed by atoms with E-state index in [1.165, 1.54) is 6.42 Å². The number of aromatic hydroxyl groups is 1. The summed E-state index contributed by atoms with van der Waals surface area (Å²) < 4.78 is 11.4. The van der Waals surface area contributed by atoms with Crippen LogP contribution in [0, 0.1) is 11.3 Å². The number of carbonyl (C=O) groups is 1. The number of carbonyl (C=O) groups excluding carboxylic acids is 1. The first-order valence-corrected chi connectivity index (χ1v) is 10.3. The van der Waals surface area contributed by atoms with Crippen LogP contribution in [0.4, 0.5) is 0 Å². The van der Waals surface area contributed by atoms with Gasteiger partial charge >= 0.3 is 5.97 Å². The fourth-order valence-corrected chi connectivity index (χ4v) is 4.05. The Morgan fingerprint density at radius 3 is 2.57 bits per heavy atom. The Kier molecular flexibility index (Phi) is 5.73. The van der Waals surface area contributed by atoms with Gasteiger partial charge in [0.2, 0.25) is 0 Å². The van der Waals surface area contributed by atoms with E-state index < -0.39 is 5.97 Å². The van der Waals surface area contributed by atoms with Gasteiger partial charge in [-0.3, -0.25) is 4.90 Å². The van der Waals surface area contributed by atoms with Crippen molar-refractivity contribution < 1.29 is 19.1 Å². The van der Waals surface area contributed by atoms with Crippen LogP contribution in [-0.2, 0) is 11.3 Å². The number of piperidine rings is 1. The average Bonchev–Trinajstić information content (AvgIpc) is 3.17. The molecule has 2 heterocycles. The summed E-state index contributed by atoms with van der Waals surface area (Å²) in [5.74, 6) is 0.0466. The Labute approximate surface area is 175 Å². The molecule has 0 atom stereocenters. The van der Waals surface area contributed by atoms with E-state index in [2.05, 4.69) is 11.0 Å². The van der Waals surface area contributed by atoms with E-state index in [-0.39, 0.29) is 12.4 Å². The fourth-order valence-electron chi connectivity index (χ4n) is 4.05. The number of nitriles is 1. The van der Waals surface area contributed by atoms with Gasteiger partial charge in [-0.2, -0.15) is 5.26 Å². The number of benzene rings is 2. The number of furan rings is 1. The third kappa shape index (κ3) is 3.77. The molecule has 0 saturated carbocycles. The van der Waals surface area contributed by atoms with Gasteiger partial charge < -0.3 is 14.3 Å². The molecular formula is C24H24N2O4. The zero-order valence-corrected chi connectivity index (χ0v) is 17.0. The summed E-state index contributed by atoms with van der Waals surface area (Å²) in [7, 11) is 0. The molecule has 154 valence electrons. The third-order valence-corrected chi connectivity index (χ3v) is 5.53. The number of likely N-dealkylation sites (tertiary alicyclic amines) is 1. The van der Waals surface area contributed by atoms with Crippen molar-refractivity contribution in [2.75, 3.05) is 19.7 Å². The van der Waals surface area contributed by atoms with Crippen LogP contribution in [0.15, 0.2) is 40.8 Å². The van der Waals surface area contributed by atoms with Crippen LogP contribution in [0.1, 0.15) is 47.7 Å². The Hall–Kier alpha value is -3.30. The van der Waals surface area contributed by atoms with Crippen LogP contribution >= 0.6 is 0 Å². The number of hydrogen-bond donors (Lipinski definition) is 1. The largest absolute Gasteiger partial charge is 0.508 e. The molecule has 6 nitrogen and oxygen atoms in total. The predicted octanol–water partition coefficient (Wildman–Crippen LogP) is 4.84. The topological polar surface area (TPSA) is 86.7 Å². The summed E-state index contributed by atoms with van der Waals surface area (Å²) in [6.45, 7) is 4.46. The number of phenols is 1. The molecule has 1 aromatic heterocycles. The van der Waals surface area contributed by atoms with Crippen LogP contribution in [0.25, 0.3) is 22.3 Å². The maximum Gasteiger partial charge on any atom is 0.342 e. The van der Waals surface area contributed by atoms with E-state index in [1.807, 2.05) is 0 Å². The zero-order chi connectivity index (χ0) is 21.1. The summed E-state index contributed by atoms with van der Waals surface area (Å²) >= 11 is 0. The van der Waals surface area contributed by atoms with Crippen molar-refractivity contribution >= 4 is 16.9 Å². The number of rotatable bonds is 5. The smallest absolute Gasteiger partial charge is 0.342 e. The standard InChI is InChI=1S/C24H24N2O4/c1-2-29-24(28)22-21-18(15-26-12-4-3-5-13-26)19(27)10-11-20(21)30-23(22)17-8-6-16(14-25)7-9-17/h6-11,27H,2-5,12-13,15H2,1H3. The van der Waals surface area contributed by atoms with Crippen molar-refractivity contribution in [3.8, 4) is 23.1 Å². The van der Waals surface area contributed by atoms with Gasteiger partial charge in [0.25, 0.3) is 0 Å². The van der Waals surface area contributed by atoms with Crippen LogP contribution in [0.3, 0.4) is 0 Å². The van der Waals surface area contributed by atoms with E-state index >= 15 is 0 Å². The number of esters is 1. The number of ether oxygens (including phenoxy) is 1. The van der Waals surface area contributed by atoms with Crippen LogP contribution in [0.5, 0.6) is 5.75 Å². The lowest BCUT2D eigenvalue weighted by atomic mass is 9.99. The molecule has 1 aliphatic rings. The third-order valence-electron chi connectivity index (χ3n) is 5.53. The molecule has 30 heavy (non-hydrogen) atoms. The van der Waals surface area contributed by atoms with Crippen molar-refractivity contribution in [3.05, 3.63) is 53.1 Å². The summed E-state index contributed by atoms with van der Waals surface area (Å²) in [4.78, 5) is 15.3. The van der Waals surface area contributed by atoms with Crippen molar-refractivity contribution in [1.82, 2.24) is 4.90 Å². The zero-order valence-electron chi connectivity index (χ0n) is 17.0. The monoisotopic (exact) mass is 404 g/mol. The van der Waals surface area contributed by atoms with Gasteiger partial charge in [-0.25, -0.2) is 4.79 Å². The van der Waals surface area contributed by atoms with Crippen LogP contribution in [0.2, 0.25) is 0 Å². The molecule has 6 heteroatoms. The minimum Gasteiger partial charge on any atom is -0.508 e. The van der Waals surface area contributed by atoms with E-state index in [0.717, 1.165) is 25.9 Å². The maximum atomic E-state index is 13.0. The predicted molar refractivity (Wildman–Crippen MR) is 113 cm³/mol. The number of hydrogen-bond acceptors (Lipinski definition) is 6. The molecule has 0 aliphatic carbocycles. The normalized spacial score (nSPS) is 14.5. The van der Waals surface area contributed by atoms with Gasteiger partial charge in [-0.05, 0) is 69.3 Å². The minimum atomic E-state index is -0.485. The molecule has 1 N–H and O–H groups in total. The molecular weight excluding hydrogens is 380 g/mol. The minimum absolute atomic E-state index is 0.144. The second-order valence-electron chi connectivity index (χ2n) is 7.49. The van der Waals surface area contributed by atoms with Crippen molar-refractivity contribution in [2.24, 2.45) is 0 Å². The SMILES string of the molecule is CCOC(=O)c1c(-c2ccc(C#N)cc2)oc2ccc(O)c(CN3CCCCC3)c12. The van der Waals surface area contributed by atoms with Gasteiger partial charge in [0.15, 0.2) is 0 Å². The average molecular weight is 404 g/mol. The van der Waals surface area contributed by atoms with Crippen molar-refractivity contribution in [1.29, 1.82) is 5.26 Å². The molecule has 1 aliphatic heterocycles. The molecule has 0 bridgehead atoms. The van der Waals surface area contributed by atoms with E-state index in [0.29, 0.717) is 45.5 Å². The van der Waals surface area contributed by atoms with Gasteiger partial charge in [-0.15, -0.1) is 0 Å². The number of fused-ring (bicyclic) bond motifs is 1. The quantitative estimate of drug-likeness (QED) is 0.612. The fraction of sp³-hybridized carbons (Fsp3) is 0.333. The molecule has 2 aromatic carbocycles. The lowest BCUT2D eigenvalue weighted by Crippen LogP contribution is -2.29. The van der Waals surface area contributed by atoms with Gasteiger partial charge in [0.1, 0.15) is 22.7 Å². The summed E-state index contributed by atoms with van der Waals surface area (Å²) in [6, 6.07) is 12.3. The van der Waals surface area contributed by atoms with Gasteiger partial charge in [-0.1, -0.05) is 6.42 Å². The second kappa shape index (κ2) is 8.60. The highest BCUT2D eigenvalue weighted by atomic mass is 16.5. The molecule has 4 rings (SSSR count). The summed E-state index contributed by atoms with van der Waals surface area (Å²) in [6.07, 6.45) is 3.47. The van der Waals surface area contributed by atoms with E-state index in [1.54, 1.807) is 43.3 Å². The lowest BCUT2D eigenvalue weighted by Gasteiger charge is -2.27. The first kappa shape index (κ1) is 20.0. The van der Waals surface area contributed by atoms with Crippen molar-refractivity contribution in [3.63, 3.8) is 0 Å². The molecule has 0 unspecified atom stereocenters. The number of nitrogens with zero attached hydrogens (tertiary/aromatic N) is 2. The van der Waals surface area contributed by atoms with Gasteiger partial charge in [0, 0.05) is 23.1 Å². The lowest BCUT2D eigenvalue weighted by molar-refractivity contribution is 0.0528. The second-order valence-corrected chi connectivity index (χ2v) is 7.49. The Morgan fingerprint density at radius 2 is 1.90 bits per heavy atom. The van der Waals surface area contributed by atoms with Crippen molar-refractivity contribution in [2.45, 2.75) is 32.7 Å².